The molecule has 0 saturated carbocycles. The fourth-order valence-electron chi connectivity index (χ4n) is 3.13. The monoisotopic (exact) mass is 287 g/mol. The number of carbonyl (C=O) groups excluding carboxylic acids is 2. The molecule has 2 fully saturated rings. The van der Waals surface area contributed by atoms with Crippen LogP contribution in [0.1, 0.15) is 28.8 Å². The van der Waals surface area contributed by atoms with Crippen LogP contribution in [-0.2, 0) is 16.1 Å². The molecule has 6 heteroatoms. The molecule has 2 N–H and O–H groups in total. The maximum atomic E-state index is 12.0. The Morgan fingerprint density at radius 3 is 3.10 bits per heavy atom. The van der Waals surface area contributed by atoms with Gasteiger partial charge in [0.1, 0.15) is 6.10 Å². The fourth-order valence-corrected chi connectivity index (χ4v) is 3.13. The number of anilines is 1. The lowest BCUT2D eigenvalue weighted by Gasteiger charge is -2.16. The van der Waals surface area contributed by atoms with Crippen molar-refractivity contribution in [3.8, 4) is 0 Å². The average Bonchev–Trinajstić information content (AvgIpc) is 3.17. The molecule has 2 saturated heterocycles. The minimum atomic E-state index is -0.153. The van der Waals surface area contributed by atoms with Crippen molar-refractivity contribution in [1.29, 1.82) is 0 Å². The Kier molecular flexibility index (Phi) is 2.68. The van der Waals surface area contributed by atoms with Gasteiger partial charge in [-0.05, 0) is 24.1 Å². The normalized spacial score (nSPS) is 30.3. The molecule has 2 amide bonds. The number of nitrogens with zero attached hydrogens (tertiary/aromatic N) is 1. The first-order valence-electron chi connectivity index (χ1n) is 7.21. The van der Waals surface area contributed by atoms with E-state index in [1.54, 1.807) is 11.9 Å². The second kappa shape index (κ2) is 4.46. The van der Waals surface area contributed by atoms with Crippen LogP contribution < -0.4 is 10.6 Å². The van der Waals surface area contributed by atoms with Crippen molar-refractivity contribution < 1.29 is 14.3 Å². The van der Waals surface area contributed by atoms with Gasteiger partial charge in [-0.2, -0.15) is 0 Å². The molecule has 21 heavy (non-hydrogen) atoms. The van der Waals surface area contributed by atoms with Crippen molar-refractivity contribution in [3.05, 3.63) is 29.3 Å². The van der Waals surface area contributed by atoms with Crippen molar-refractivity contribution in [2.24, 2.45) is 0 Å². The lowest BCUT2D eigenvalue weighted by Crippen LogP contribution is -2.28. The summed E-state index contributed by atoms with van der Waals surface area (Å²) in [5.74, 6) is 0.101. The molecule has 1 aromatic rings. The molecule has 1 aromatic carbocycles. The van der Waals surface area contributed by atoms with Crippen molar-refractivity contribution >= 4 is 17.5 Å². The molecule has 3 heterocycles. The summed E-state index contributed by atoms with van der Waals surface area (Å²) in [6, 6.07) is 5.98. The molecule has 0 spiro atoms. The topological polar surface area (TPSA) is 74.0 Å². The predicted octanol–water partition coefficient (Wildman–Crippen LogP) is 0.688. The summed E-state index contributed by atoms with van der Waals surface area (Å²) in [5.41, 5.74) is 2.73. The predicted molar refractivity (Wildman–Crippen MR) is 75.7 cm³/mol. The molecule has 110 valence electrons. The van der Waals surface area contributed by atoms with Crippen LogP contribution in [0, 0.1) is 0 Å². The largest absolute Gasteiger partial charge is 0.379 e. The lowest BCUT2D eigenvalue weighted by atomic mass is 10.1. The zero-order chi connectivity index (χ0) is 14.6. The first-order valence-corrected chi connectivity index (χ1v) is 7.21. The number of nitrogens with one attached hydrogen (secondary N) is 2. The first kappa shape index (κ1) is 12.6. The number of hydrogen-bond donors (Lipinski definition) is 2. The van der Waals surface area contributed by atoms with Crippen LogP contribution in [-0.4, -0.2) is 42.1 Å². The Morgan fingerprint density at radius 1 is 1.38 bits per heavy atom. The summed E-state index contributed by atoms with van der Waals surface area (Å²) in [7, 11) is 1.81. The third kappa shape index (κ3) is 2.15. The number of ether oxygens (including phenoxy) is 1. The highest BCUT2D eigenvalue weighted by Gasteiger charge is 2.48. The summed E-state index contributed by atoms with van der Waals surface area (Å²) < 4.78 is 5.47. The Balaban J connectivity index is 1.53. The molecular weight excluding hydrogens is 270 g/mol. The number of fused-ring (bicyclic) bond motifs is 2. The second-order valence-electron chi connectivity index (χ2n) is 5.91. The summed E-state index contributed by atoms with van der Waals surface area (Å²) in [6.45, 7) is 0.671. The van der Waals surface area contributed by atoms with Gasteiger partial charge in [0.15, 0.2) is 6.23 Å². The van der Waals surface area contributed by atoms with E-state index in [2.05, 4.69) is 10.6 Å². The van der Waals surface area contributed by atoms with Crippen LogP contribution in [0.25, 0.3) is 0 Å². The average molecular weight is 287 g/mol. The van der Waals surface area contributed by atoms with E-state index >= 15 is 0 Å². The van der Waals surface area contributed by atoms with E-state index in [-0.39, 0.29) is 30.2 Å². The summed E-state index contributed by atoms with van der Waals surface area (Å²) in [4.78, 5) is 25.2. The number of benzene rings is 1. The van der Waals surface area contributed by atoms with Crippen LogP contribution in [0.5, 0.6) is 0 Å². The third-order valence-corrected chi connectivity index (χ3v) is 4.35. The molecule has 6 nitrogen and oxygen atoms in total. The first-order chi connectivity index (χ1) is 10.1. The van der Waals surface area contributed by atoms with Gasteiger partial charge in [-0.25, -0.2) is 0 Å². The Morgan fingerprint density at radius 2 is 2.24 bits per heavy atom. The van der Waals surface area contributed by atoms with Gasteiger partial charge in [-0.1, -0.05) is 6.07 Å². The summed E-state index contributed by atoms with van der Waals surface area (Å²) in [6.07, 6.45) is 1.11. The number of rotatable bonds is 2. The van der Waals surface area contributed by atoms with E-state index in [0.29, 0.717) is 13.0 Å². The molecule has 2 unspecified atom stereocenters. The zero-order valence-corrected chi connectivity index (χ0v) is 11.8. The molecule has 0 aliphatic carbocycles. The molecule has 3 atom stereocenters. The number of epoxide rings is 1. The van der Waals surface area contributed by atoms with Crippen molar-refractivity contribution in [2.75, 3.05) is 12.4 Å². The maximum Gasteiger partial charge on any atom is 0.254 e. The van der Waals surface area contributed by atoms with Gasteiger partial charge in [-0.3, -0.25) is 9.59 Å². The Bertz CT molecular complexity index is 631. The summed E-state index contributed by atoms with van der Waals surface area (Å²) in [5, 5.41) is 6.23. The van der Waals surface area contributed by atoms with E-state index in [4.69, 9.17) is 4.74 Å². The zero-order valence-electron chi connectivity index (χ0n) is 11.8. The third-order valence-electron chi connectivity index (χ3n) is 4.35. The van der Waals surface area contributed by atoms with Crippen LogP contribution in [0.15, 0.2) is 18.2 Å². The fraction of sp³-hybridized carbons (Fsp3) is 0.467. The maximum absolute atomic E-state index is 12.0. The highest BCUT2D eigenvalue weighted by atomic mass is 16.6. The van der Waals surface area contributed by atoms with Crippen LogP contribution in [0.3, 0.4) is 0 Å². The quantitative estimate of drug-likeness (QED) is 0.785. The van der Waals surface area contributed by atoms with Gasteiger partial charge >= 0.3 is 0 Å². The van der Waals surface area contributed by atoms with Crippen LogP contribution in [0.4, 0.5) is 5.69 Å². The Labute approximate surface area is 122 Å². The van der Waals surface area contributed by atoms with Crippen LogP contribution >= 0.6 is 0 Å². The summed E-state index contributed by atoms with van der Waals surface area (Å²) >= 11 is 0. The van der Waals surface area contributed by atoms with Gasteiger partial charge in [-0.15, -0.1) is 0 Å². The number of amides is 2. The minimum Gasteiger partial charge on any atom is -0.379 e. The second-order valence-corrected chi connectivity index (χ2v) is 5.91. The molecule has 0 radical (unpaired) electrons. The minimum absolute atomic E-state index is 0.0306. The van der Waals surface area contributed by atoms with Gasteiger partial charge in [0, 0.05) is 31.3 Å². The smallest absolute Gasteiger partial charge is 0.254 e. The van der Waals surface area contributed by atoms with Crippen molar-refractivity contribution in [1.82, 2.24) is 10.2 Å². The molecule has 4 rings (SSSR count). The molecule has 0 bridgehead atoms. The van der Waals surface area contributed by atoms with Crippen molar-refractivity contribution in [3.63, 3.8) is 0 Å². The molecule has 3 aliphatic rings. The molecular formula is C15H17N3O3. The van der Waals surface area contributed by atoms with Gasteiger partial charge < -0.3 is 20.3 Å². The van der Waals surface area contributed by atoms with E-state index < -0.39 is 0 Å². The van der Waals surface area contributed by atoms with E-state index in [1.165, 1.54) is 0 Å². The van der Waals surface area contributed by atoms with Crippen LogP contribution in [0.2, 0.25) is 0 Å². The number of hydrogen-bond acceptors (Lipinski definition) is 4. The highest BCUT2D eigenvalue weighted by molar-refractivity contribution is 5.99. The van der Waals surface area contributed by atoms with Gasteiger partial charge in [0.2, 0.25) is 5.91 Å². The standard InChI is InChI=1S/C15H17N3O3/c1-18-7-8-2-3-9(6-10(8)15(18)20)16-11-4-5-12(19)17-14-13(11)21-14/h2-3,6,11,13-14,16H,4-5,7H2,1H3,(H,17,19)/t11-,13?,14?/m0/s1. The highest BCUT2D eigenvalue weighted by Crippen LogP contribution is 2.32. The Hall–Kier alpha value is -2.08. The number of carbonyl (C=O) groups is 2. The van der Waals surface area contributed by atoms with E-state index in [0.717, 1.165) is 23.2 Å². The molecule has 3 aliphatic heterocycles. The molecule has 0 aromatic heterocycles. The van der Waals surface area contributed by atoms with E-state index in [9.17, 15) is 9.59 Å². The lowest BCUT2D eigenvalue weighted by molar-refractivity contribution is -0.121. The van der Waals surface area contributed by atoms with Gasteiger partial charge in [0.05, 0.1) is 6.04 Å². The van der Waals surface area contributed by atoms with E-state index in [1.807, 2.05) is 18.2 Å². The van der Waals surface area contributed by atoms with Crippen molar-refractivity contribution in [2.45, 2.75) is 37.8 Å². The van der Waals surface area contributed by atoms with Gasteiger partial charge in [0.25, 0.3) is 5.91 Å². The SMILES string of the molecule is CN1Cc2ccc(N[C@H]3CCC(=O)NC4OC43)cc2C1=O.